The number of ether oxygens (including phenoxy) is 2. The second-order valence-electron chi connectivity index (χ2n) is 18.9. The van der Waals surface area contributed by atoms with E-state index in [9.17, 15) is 19.0 Å². The summed E-state index contributed by atoms with van der Waals surface area (Å²) in [5, 5.41) is 0. The van der Waals surface area contributed by atoms with Crippen LogP contribution in [-0.4, -0.2) is 74.9 Å². The lowest BCUT2D eigenvalue weighted by Crippen LogP contribution is -2.37. The number of phosphoric ester groups is 1. The quantitative estimate of drug-likeness (QED) is 0.0279. The number of rotatable bonds is 48. The van der Waals surface area contributed by atoms with E-state index >= 15 is 0 Å². The topological polar surface area (TPSA) is 108 Å². The number of hydrogen-bond donors (Lipinski definition) is 1. The molecule has 0 spiro atoms. The van der Waals surface area contributed by atoms with E-state index in [0.29, 0.717) is 17.4 Å². The van der Waals surface area contributed by atoms with E-state index in [4.69, 9.17) is 18.5 Å². The standard InChI is InChI=1S/C50H100NO8P/c1-6-8-10-12-14-15-16-17-18-19-20-21-22-23-24-25-26-27-28-29-30-31-32-33-34-35-36-37-39-41-43-50(53)59-48(46-56-49(52)42-40-38-13-11-9-7-2)47-58-60(54,55)57-45-44-51(3,4)5/h48H,6-47H2,1-5H3/p+1. The Morgan fingerprint density at radius 1 is 0.450 bits per heavy atom. The number of carbonyl (C=O) groups is 2. The maximum atomic E-state index is 12.7. The highest BCUT2D eigenvalue weighted by molar-refractivity contribution is 7.47. The SMILES string of the molecule is CCCCCCCCCCCCCCCCCCCCCCCCCCCCCCCCC(=O)OC(COC(=O)CCCCCCCC)COP(=O)(O)OCC[N+](C)(C)C. The molecular weight excluding hydrogens is 774 g/mol. The van der Waals surface area contributed by atoms with Gasteiger partial charge in [-0.2, -0.15) is 0 Å². The van der Waals surface area contributed by atoms with Crippen molar-refractivity contribution in [2.24, 2.45) is 0 Å². The van der Waals surface area contributed by atoms with E-state index in [1.165, 1.54) is 193 Å². The highest BCUT2D eigenvalue weighted by Gasteiger charge is 2.27. The summed E-state index contributed by atoms with van der Waals surface area (Å²) in [6.45, 7) is 4.40. The lowest BCUT2D eigenvalue weighted by atomic mass is 10.0. The first-order valence-corrected chi connectivity index (χ1v) is 27.3. The predicted molar refractivity (Wildman–Crippen MR) is 252 cm³/mol. The van der Waals surface area contributed by atoms with E-state index in [0.717, 1.165) is 38.5 Å². The van der Waals surface area contributed by atoms with Crippen LogP contribution in [0.5, 0.6) is 0 Å². The molecule has 358 valence electrons. The maximum absolute atomic E-state index is 12.7. The van der Waals surface area contributed by atoms with E-state index in [2.05, 4.69) is 13.8 Å². The minimum absolute atomic E-state index is 0.0364. The lowest BCUT2D eigenvalue weighted by molar-refractivity contribution is -0.870. The lowest BCUT2D eigenvalue weighted by Gasteiger charge is -2.24. The van der Waals surface area contributed by atoms with Gasteiger partial charge < -0.3 is 18.9 Å². The summed E-state index contributed by atoms with van der Waals surface area (Å²) >= 11 is 0. The fourth-order valence-electron chi connectivity index (χ4n) is 7.61. The molecule has 10 heteroatoms. The molecule has 0 rings (SSSR count). The van der Waals surface area contributed by atoms with Crippen molar-refractivity contribution >= 4 is 19.8 Å². The fraction of sp³-hybridized carbons (Fsp3) is 0.960. The number of nitrogens with zero attached hydrogens (tertiary/aromatic N) is 1. The Balaban J connectivity index is 3.86. The highest BCUT2D eigenvalue weighted by Crippen LogP contribution is 2.43. The molecule has 0 aromatic heterocycles. The molecule has 2 unspecified atom stereocenters. The molecule has 0 aromatic rings. The van der Waals surface area contributed by atoms with Crippen molar-refractivity contribution in [2.75, 3.05) is 47.5 Å². The van der Waals surface area contributed by atoms with E-state index < -0.39 is 26.5 Å². The largest absolute Gasteiger partial charge is 0.472 e. The van der Waals surface area contributed by atoms with Gasteiger partial charge in [-0.1, -0.05) is 232 Å². The third-order valence-electron chi connectivity index (χ3n) is 11.6. The van der Waals surface area contributed by atoms with Gasteiger partial charge in [0, 0.05) is 12.8 Å². The molecule has 0 aliphatic carbocycles. The van der Waals surface area contributed by atoms with Crippen molar-refractivity contribution in [2.45, 2.75) is 264 Å². The number of unbranched alkanes of at least 4 members (excludes halogenated alkanes) is 34. The van der Waals surface area contributed by atoms with Gasteiger partial charge in [0.05, 0.1) is 27.7 Å². The van der Waals surface area contributed by atoms with E-state index in [-0.39, 0.29) is 25.6 Å². The van der Waals surface area contributed by atoms with Crippen LogP contribution in [0.2, 0.25) is 0 Å². The summed E-state index contributed by atoms with van der Waals surface area (Å²) in [7, 11) is 1.49. The Hall–Kier alpha value is -0.990. The van der Waals surface area contributed by atoms with Gasteiger partial charge in [0.15, 0.2) is 6.10 Å². The van der Waals surface area contributed by atoms with Crippen LogP contribution >= 0.6 is 7.82 Å². The van der Waals surface area contributed by atoms with Gasteiger partial charge >= 0.3 is 19.8 Å². The van der Waals surface area contributed by atoms with Gasteiger partial charge in [-0.05, 0) is 12.8 Å². The molecule has 0 saturated heterocycles. The summed E-state index contributed by atoms with van der Waals surface area (Å²) in [6.07, 6.45) is 46.5. The molecule has 0 saturated carbocycles. The molecule has 9 nitrogen and oxygen atoms in total. The van der Waals surface area contributed by atoms with Gasteiger partial charge in [0.2, 0.25) is 0 Å². The number of hydrogen-bond acceptors (Lipinski definition) is 7. The number of esters is 2. The van der Waals surface area contributed by atoms with Gasteiger partial charge in [-0.25, -0.2) is 4.57 Å². The first-order valence-electron chi connectivity index (χ1n) is 25.8. The highest BCUT2D eigenvalue weighted by atomic mass is 31.2. The molecule has 0 aliphatic rings. The second-order valence-corrected chi connectivity index (χ2v) is 20.4. The van der Waals surface area contributed by atoms with Crippen molar-refractivity contribution in [3.8, 4) is 0 Å². The van der Waals surface area contributed by atoms with E-state index in [1.807, 2.05) is 21.1 Å². The van der Waals surface area contributed by atoms with Crippen molar-refractivity contribution in [1.29, 1.82) is 0 Å². The van der Waals surface area contributed by atoms with Crippen LogP contribution in [0.1, 0.15) is 258 Å². The minimum atomic E-state index is -4.36. The molecule has 0 heterocycles. The number of carbonyl (C=O) groups excluding carboxylic acids is 2. The third-order valence-corrected chi connectivity index (χ3v) is 12.6. The monoisotopic (exact) mass is 875 g/mol. The van der Waals surface area contributed by atoms with Crippen LogP contribution in [0.3, 0.4) is 0 Å². The average Bonchev–Trinajstić information content (AvgIpc) is 3.20. The maximum Gasteiger partial charge on any atom is 0.472 e. The minimum Gasteiger partial charge on any atom is -0.462 e. The van der Waals surface area contributed by atoms with Crippen LogP contribution in [-0.2, 0) is 32.7 Å². The van der Waals surface area contributed by atoms with Crippen LogP contribution in [0.25, 0.3) is 0 Å². The zero-order valence-electron chi connectivity index (χ0n) is 40.5. The molecule has 0 fully saturated rings. The third kappa shape index (κ3) is 46.5. The molecule has 0 bridgehead atoms. The normalized spacial score (nSPS) is 13.4. The van der Waals surface area contributed by atoms with Crippen LogP contribution < -0.4 is 0 Å². The summed E-state index contributed by atoms with van der Waals surface area (Å²) in [5.74, 6) is -0.793. The van der Waals surface area contributed by atoms with Crippen LogP contribution in [0, 0.1) is 0 Å². The first kappa shape index (κ1) is 59.0. The molecule has 60 heavy (non-hydrogen) atoms. The van der Waals surface area contributed by atoms with Gasteiger partial charge in [-0.3, -0.25) is 18.6 Å². The van der Waals surface area contributed by atoms with Crippen molar-refractivity contribution < 1.29 is 42.1 Å². The first-order chi connectivity index (χ1) is 29.0. The Kier molecular flexibility index (Phi) is 42.6. The van der Waals surface area contributed by atoms with Crippen molar-refractivity contribution in [3.63, 3.8) is 0 Å². The van der Waals surface area contributed by atoms with Crippen molar-refractivity contribution in [1.82, 2.24) is 0 Å². The summed E-state index contributed by atoms with van der Waals surface area (Å²) in [6, 6.07) is 0. The zero-order chi connectivity index (χ0) is 44.3. The summed E-state index contributed by atoms with van der Waals surface area (Å²) in [4.78, 5) is 35.2. The molecule has 0 amide bonds. The fourth-order valence-corrected chi connectivity index (χ4v) is 8.35. The van der Waals surface area contributed by atoms with Crippen LogP contribution in [0.15, 0.2) is 0 Å². The smallest absolute Gasteiger partial charge is 0.462 e. The summed E-state index contributed by atoms with van der Waals surface area (Å²) < 4.78 is 34.2. The Morgan fingerprint density at radius 3 is 1.07 bits per heavy atom. The molecular formula is C50H101NO8P+. The van der Waals surface area contributed by atoms with Gasteiger partial charge in [0.25, 0.3) is 0 Å². The molecule has 2 atom stereocenters. The van der Waals surface area contributed by atoms with E-state index in [1.54, 1.807) is 0 Å². The Bertz CT molecular complexity index is 990. The molecule has 0 radical (unpaired) electrons. The number of likely N-dealkylation sites (N-methyl/N-ethyl adjacent to an activating group) is 1. The average molecular weight is 875 g/mol. The molecule has 1 N–H and O–H groups in total. The predicted octanol–water partition coefficient (Wildman–Crippen LogP) is 15.1. The Labute approximate surface area is 372 Å². The van der Waals surface area contributed by atoms with Gasteiger partial charge in [-0.15, -0.1) is 0 Å². The summed E-state index contributed by atoms with van der Waals surface area (Å²) in [5.41, 5.74) is 0. The van der Waals surface area contributed by atoms with Crippen molar-refractivity contribution in [3.05, 3.63) is 0 Å². The number of phosphoric acid groups is 1. The van der Waals surface area contributed by atoms with Gasteiger partial charge in [0.1, 0.15) is 19.8 Å². The Morgan fingerprint density at radius 2 is 0.750 bits per heavy atom. The van der Waals surface area contributed by atoms with Crippen LogP contribution in [0.4, 0.5) is 0 Å². The molecule has 0 aliphatic heterocycles. The molecule has 0 aromatic carbocycles. The second kappa shape index (κ2) is 43.3. The number of quaternary nitrogens is 1. The zero-order valence-corrected chi connectivity index (χ0v) is 41.4.